The Kier molecular flexibility index (Phi) is 4.01. The standard InChI is InChI=1S/C11H19N3/c1-4-11-13-8(2)10(6-5-7-12)9(3)14-11/h4-7,12H2,1-3H3. The topological polar surface area (TPSA) is 51.8 Å². The Morgan fingerprint density at radius 3 is 2.14 bits per heavy atom. The fourth-order valence-electron chi connectivity index (χ4n) is 1.61. The molecule has 0 fully saturated rings. The summed E-state index contributed by atoms with van der Waals surface area (Å²) in [5.74, 6) is 0.941. The van der Waals surface area contributed by atoms with E-state index in [4.69, 9.17) is 5.73 Å². The summed E-state index contributed by atoms with van der Waals surface area (Å²) in [6.45, 7) is 6.92. The molecule has 1 rings (SSSR count). The van der Waals surface area contributed by atoms with Crippen LogP contribution in [0.4, 0.5) is 0 Å². The molecule has 0 aliphatic carbocycles. The Labute approximate surface area is 85.8 Å². The van der Waals surface area contributed by atoms with Crippen LogP contribution in [0.3, 0.4) is 0 Å². The lowest BCUT2D eigenvalue weighted by molar-refractivity contribution is 0.788. The van der Waals surface area contributed by atoms with Crippen LogP contribution in [-0.4, -0.2) is 16.5 Å². The van der Waals surface area contributed by atoms with Crippen molar-refractivity contribution in [3.8, 4) is 0 Å². The predicted molar refractivity (Wildman–Crippen MR) is 58.3 cm³/mol. The summed E-state index contributed by atoms with van der Waals surface area (Å²) in [4.78, 5) is 8.91. The number of aryl methyl sites for hydroxylation is 3. The first-order valence-electron chi connectivity index (χ1n) is 5.22. The molecule has 3 heteroatoms. The largest absolute Gasteiger partial charge is 0.330 e. The summed E-state index contributed by atoms with van der Waals surface area (Å²) in [6.07, 6.45) is 2.91. The van der Waals surface area contributed by atoms with Crippen LogP contribution in [-0.2, 0) is 12.8 Å². The van der Waals surface area contributed by atoms with Crippen molar-refractivity contribution in [2.75, 3.05) is 6.54 Å². The summed E-state index contributed by atoms with van der Waals surface area (Å²) in [6, 6.07) is 0. The molecule has 0 radical (unpaired) electrons. The fourth-order valence-corrected chi connectivity index (χ4v) is 1.61. The van der Waals surface area contributed by atoms with Crippen LogP contribution >= 0.6 is 0 Å². The van der Waals surface area contributed by atoms with Crippen LogP contribution in [0.15, 0.2) is 0 Å². The van der Waals surface area contributed by atoms with Gasteiger partial charge in [-0.1, -0.05) is 6.92 Å². The maximum atomic E-state index is 5.49. The first-order valence-corrected chi connectivity index (χ1v) is 5.22. The van der Waals surface area contributed by atoms with Gasteiger partial charge in [-0.3, -0.25) is 0 Å². The van der Waals surface area contributed by atoms with Crippen LogP contribution in [0, 0.1) is 13.8 Å². The van der Waals surface area contributed by atoms with Gasteiger partial charge in [0.15, 0.2) is 0 Å². The highest BCUT2D eigenvalue weighted by molar-refractivity contribution is 5.24. The van der Waals surface area contributed by atoms with E-state index in [0.717, 1.165) is 43.0 Å². The van der Waals surface area contributed by atoms with Crippen molar-refractivity contribution in [3.63, 3.8) is 0 Å². The second-order valence-corrected chi connectivity index (χ2v) is 3.53. The van der Waals surface area contributed by atoms with Crippen molar-refractivity contribution >= 4 is 0 Å². The Hall–Kier alpha value is -0.960. The minimum atomic E-state index is 0.731. The van der Waals surface area contributed by atoms with Gasteiger partial charge in [-0.05, 0) is 38.8 Å². The zero-order chi connectivity index (χ0) is 10.6. The summed E-state index contributed by atoms with van der Waals surface area (Å²) in [7, 11) is 0. The first-order chi connectivity index (χ1) is 6.69. The van der Waals surface area contributed by atoms with E-state index in [-0.39, 0.29) is 0 Å². The first kappa shape index (κ1) is 11.1. The van der Waals surface area contributed by atoms with Gasteiger partial charge < -0.3 is 5.73 Å². The second-order valence-electron chi connectivity index (χ2n) is 3.53. The van der Waals surface area contributed by atoms with Gasteiger partial charge in [0.1, 0.15) is 5.82 Å². The van der Waals surface area contributed by atoms with Crippen molar-refractivity contribution in [1.82, 2.24) is 9.97 Å². The smallest absolute Gasteiger partial charge is 0.128 e. The van der Waals surface area contributed by atoms with Crippen molar-refractivity contribution in [2.45, 2.75) is 40.0 Å². The zero-order valence-corrected chi connectivity index (χ0v) is 9.30. The van der Waals surface area contributed by atoms with Crippen molar-refractivity contribution in [1.29, 1.82) is 0 Å². The molecule has 0 aliphatic heterocycles. The lowest BCUT2D eigenvalue weighted by Gasteiger charge is -2.09. The number of aromatic nitrogens is 2. The van der Waals surface area contributed by atoms with Gasteiger partial charge in [-0.25, -0.2) is 9.97 Å². The second kappa shape index (κ2) is 5.05. The molecule has 1 aromatic heterocycles. The number of hydrogen-bond donors (Lipinski definition) is 1. The number of rotatable bonds is 4. The van der Waals surface area contributed by atoms with E-state index in [1.54, 1.807) is 0 Å². The van der Waals surface area contributed by atoms with Gasteiger partial charge in [0, 0.05) is 17.8 Å². The Balaban J connectivity index is 2.93. The number of nitrogens with two attached hydrogens (primary N) is 1. The van der Waals surface area contributed by atoms with Gasteiger partial charge >= 0.3 is 0 Å². The lowest BCUT2D eigenvalue weighted by atomic mass is 10.1. The molecule has 0 aromatic carbocycles. The maximum Gasteiger partial charge on any atom is 0.128 e. The third-order valence-electron chi connectivity index (χ3n) is 2.41. The Morgan fingerprint density at radius 2 is 1.71 bits per heavy atom. The molecule has 0 saturated heterocycles. The van der Waals surface area contributed by atoms with Crippen LogP contribution < -0.4 is 5.73 Å². The van der Waals surface area contributed by atoms with Gasteiger partial charge in [0.2, 0.25) is 0 Å². The van der Waals surface area contributed by atoms with E-state index >= 15 is 0 Å². The SMILES string of the molecule is CCc1nc(C)c(CCCN)c(C)n1. The minimum absolute atomic E-state index is 0.731. The molecule has 0 unspecified atom stereocenters. The third kappa shape index (κ3) is 2.51. The van der Waals surface area contributed by atoms with Crippen LogP contribution in [0.1, 0.15) is 36.1 Å². The van der Waals surface area contributed by atoms with Gasteiger partial charge in [-0.2, -0.15) is 0 Å². The molecule has 0 atom stereocenters. The van der Waals surface area contributed by atoms with E-state index in [1.807, 2.05) is 0 Å². The fraction of sp³-hybridized carbons (Fsp3) is 0.636. The molecule has 1 aromatic rings. The van der Waals surface area contributed by atoms with Crippen molar-refractivity contribution in [2.24, 2.45) is 5.73 Å². The average Bonchev–Trinajstić information content (AvgIpc) is 2.16. The highest BCUT2D eigenvalue weighted by atomic mass is 14.9. The van der Waals surface area contributed by atoms with Crippen LogP contribution in [0.2, 0.25) is 0 Å². The quantitative estimate of drug-likeness (QED) is 0.789. The van der Waals surface area contributed by atoms with Crippen molar-refractivity contribution in [3.05, 3.63) is 22.8 Å². The van der Waals surface area contributed by atoms with E-state index in [9.17, 15) is 0 Å². The summed E-state index contributed by atoms with van der Waals surface area (Å²) in [5.41, 5.74) is 8.99. The normalized spacial score (nSPS) is 10.6. The Morgan fingerprint density at radius 1 is 1.14 bits per heavy atom. The minimum Gasteiger partial charge on any atom is -0.330 e. The van der Waals surface area contributed by atoms with E-state index in [2.05, 4.69) is 30.7 Å². The highest BCUT2D eigenvalue weighted by Gasteiger charge is 2.06. The summed E-state index contributed by atoms with van der Waals surface area (Å²) >= 11 is 0. The lowest BCUT2D eigenvalue weighted by Crippen LogP contribution is -2.07. The molecule has 78 valence electrons. The monoisotopic (exact) mass is 193 g/mol. The van der Waals surface area contributed by atoms with Gasteiger partial charge in [0.25, 0.3) is 0 Å². The molecular weight excluding hydrogens is 174 g/mol. The van der Waals surface area contributed by atoms with Gasteiger partial charge in [0.05, 0.1) is 0 Å². The van der Waals surface area contributed by atoms with Crippen LogP contribution in [0.25, 0.3) is 0 Å². The third-order valence-corrected chi connectivity index (χ3v) is 2.41. The van der Waals surface area contributed by atoms with E-state index in [1.165, 1.54) is 5.56 Å². The van der Waals surface area contributed by atoms with E-state index < -0.39 is 0 Å². The molecule has 0 spiro atoms. The van der Waals surface area contributed by atoms with E-state index in [0.29, 0.717) is 0 Å². The average molecular weight is 193 g/mol. The van der Waals surface area contributed by atoms with Crippen LogP contribution in [0.5, 0.6) is 0 Å². The highest BCUT2D eigenvalue weighted by Crippen LogP contribution is 2.12. The molecular formula is C11H19N3. The molecule has 0 amide bonds. The maximum absolute atomic E-state index is 5.49. The summed E-state index contributed by atoms with van der Waals surface area (Å²) < 4.78 is 0. The van der Waals surface area contributed by atoms with Gasteiger partial charge in [-0.15, -0.1) is 0 Å². The molecule has 1 heterocycles. The molecule has 14 heavy (non-hydrogen) atoms. The predicted octanol–water partition coefficient (Wildman–Crippen LogP) is 1.55. The number of nitrogens with zero attached hydrogens (tertiary/aromatic N) is 2. The zero-order valence-electron chi connectivity index (χ0n) is 9.30. The number of hydrogen-bond acceptors (Lipinski definition) is 3. The molecule has 0 bridgehead atoms. The van der Waals surface area contributed by atoms with Crippen molar-refractivity contribution < 1.29 is 0 Å². The Bertz CT molecular complexity index is 284. The molecule has 0 aliphatic rings. The molecule has 0 saturated carbocycles. The summed E-state index contributed by atoms with van der Waals surface area (Å²) in [5, 5.41) is 0. The molecule has 3 nitrogen and oxygen atoms in total. The molecule has 2 N–H and O–H groups in total.